The summed E-state index contributed by atoms with van der Waals surface area (Å²) >= 11 is 7.72. The van der Waals surface area contributed by atoms with E-state index >= 15 is 0 Å². The van der Waals surface area contributed by atoms with Gasteiger partial charge >= 0.3 is 6.18 Å². The highest BCUT2D eigenvalue weighted by atomic mass is 35.5. The molecular formula is C19H21ClF3N5O3S. The maximum Gasteiger partial charge on any atom is 0.405 e. The number of thiazole rings is 1. The van der Waals surface area contributed by atoms with Crippen LogP contribution in [0.5, 0.6) is 0 Å². The summed E-state index contributed by atoms with van der Waals surface area (Å²) in [4.78, 5) is 13.7. The molecule has 0 bridgehead atoms. The number of hydrogen-bond donors (Lipinski definition) is 5. The molecule has 2 aliphatic carbocycles. The maximum absolute atomic E-state index is 12.7. The minimum Gasteiger partial charge on any atom is -0.396 e. The number of alkyl halides is 3. The summed E-state index contributed by atoms with van der Waals surface area (Å²) in [7, 11) is 0. The van der Waals surface area contributed by atoms with Crippen molar-refractivity contribution in [2.24, 2.45) is 5.92 Å². The number of nitrogens with one attached hydrogen (secondary N) is 2. The van der Waals surface area contributed by atoms with E-state index in [-0.39, 0.29) is 29.9 Å². The number of aliphatic hydroxyl groups excluding tert-OH is 3. The van der Waals surface area contributed by atoms with Crippen LogP contribution < -0.4 is 10.6 Å². The zero-order valence-corrected chi connectivity index (χ0v) is 18.2. The molecule has 4 rings (SSSR count). The third-order valence-corrected chi connectivity index (χ3v) is 6.78. The van der Waals surface area contributed by atoms with Crippen molar-refractivity contribution in [3.05, 3.63) is 21.8 Å². The molecule has 0 radical (unpaired) electrons. The van der Waals surface area contributed by atoms with Crippen molar-refractivity contribution in [2.75, 3.05) is 23.8 Å². The first-order chi connectivity index (χ1) is 15.2. The Morgan fingerprint density at radius 3 is 2.62 bits per heavy atom. The minimum absolute atomic E-state index is 0.0830. The summed E-state index contributed by atoms with van der Waals surface area (Å²) in [6, 6.07) is -0.711. The largest absolute Gasteiger partial charge is 0.405 e. The molecule has 174 valence electrons. The molecular weight excluding hydrogens is 471 g/mol. The summed E-state index contributed by atoms with van der Waals surface area (Å²) in [5.41, 5.74) is 1.18. The number of nitrogens with zero attached hydrogens (tertiary/aromatic N) is 3. The van der Waals surface area contributed by atoms with Crippen LogP contribution in [0.15, 0.2) is 6.08 Å². The summed E-state index contributed by atoms with van der Waals surface area (Å²) in [6.07, 6.45) is -1.06. The number of anilines is 2. The van der Waals surface area contributed by atoms with Crippen LogP contribution in [0.1, 0.15) is 23.4 Å². The number of rotatable bonds is 6. The monoisotopic (exact) mass is 491 g/mol. The quantitative estimate of drug-likeness (QED) is 0.391. The van der Waals surface area contributed by atoms with E-state index in [0.717, 1.165) is 23.4 Å². The molecule has 2 aliphatic rings. The van der Waals surface area contributed by atoms with E-state index in [1.165, 1.54) is 11.3 Å². The van der Waals surface area contributed by atoms with Crippen molar-refractivity contribution in [1.29, 1.82) is 0 Å². The predicted molar refractivity (Wildman–Crippen MR) is 115 cm³/mol. The van der Waals surface area contributed by atoms with E-state index in [0.29, 0.717) is 10.6 Å². The molecule has 32 heavy (non-hydrogen) atoms. The van der Waals surface area contributed by atoms with E-state index < -0.39 is 36.9 Å². The van der Waals surface area contributed by atoms with Gasteiger partial charge in [0.2, 0.25) is 5.95 Å². The molecule has 4 atom stereocenters. The van der Waals surface area contributed by atoms with Gasteiger partial charge < -0.3 is 26.0 Å². The van der Waals surface area contributed by atoms with Crippen molar-refractivity contribution in [3.63, 3.8) is 0 Å². The molecule has 8 nitrogen and oxygen atoms in total. The number of aromatic nitrogens is 3. The molecule has 0 amide bonds. The van der Waals surface area contributed by atoms with Gasteiger partial charge in [0.05, 0.1) is 28.3 Å². The van der Waals surface area contributed by atoms with Crippen LogP contribution >= 0.6 is 22.9 Å². The number of allylic oxidation sites excluding steroid dienone is 1. The van der Waals surface area contributed by atoms with Crippen LogP contribution in [0.2, 0.25) is 5.15 Å². The second-order valence-corrected chi connectivity index (χ2v) is 9.10. The number of halogens is 4. The molecule has 2 heterocycles. The number of aliphatic hydroxyl groups is 3. The summed E-state index contributed by atoms with van der Waals surface area (Å²) in [5.74, 6) is -0.811. The average molecular weight is 492 g/mol. The second kappa shape index (κ2) is 9.10. The fraction of sp³-hybridized carbons (Fsp3) is 0.526. The Balaban J connectivity index is 1.71. The van der Waals surface area contributed by atoms with E-state index in [4.69, 9.17) is 11.6 Å². The van der Waals surface area contributed by atoms with Crippen LogP contribution in [0.4, 0.5) is 24.9 Å². The van der Waals surface area contributed by atoms with Gasteiger partial charge in [-0.3, -0.25) is 0 Å². The predicted octanol–water partition coefficient (Wildman–Crippen LogP) is 2.70. The number of fused-ring (bicyclic) bond motifs is 1. The highest BCUT2D eigenvalue weighted by molar-refractivity contribution is 7.16. The lowest BCUT2D eigenvalue weighted by molar-refractivity contribution is -0.115. The van der Waals surface area contributed by atoms with Gasteiger partial charge in [-0.25, -0.2) is 9.97 Å². The van der Waals surface area contributed by atoms with E-state index in [1.54, 1.807) is 0 Å². The highest BCUT2D eigenvalue weighted by Crippen LogP contribution is 2.40. The molecule has 2 aromatic heterocycles. The molecule has 0 spiro atoms. The SMILES string of the molecule is OC[C@H]1C[C@@H](Nc2nc(NCC(F)(F)F)nc(Cl)c2-c2nc3c(s2)C=CCC3)[C@H](O)[C@@H]1O. The average Bonchev–Trinajstić information content (AvgIpc) is 3.27. The lowest BCUT2D eigenvalue weighted by atomic mass is 10.1. The summed E-state index contributed by atoms with van der Waals surface area (Å²) in [5, 5.41) is 35.4. The molecule has 0 aromatic carbocycles. The van der Waals surface area contributed by atoms with E-state index in [9.17, 15) is 28.5 Å². The van der Waals surface area contributed by atoms with Gasteiger partial charge in [0.1, 0.15) is 28.6 Å². The summed E-state index contributed by atoms with van der Waals surface area (Å²) in [6.45, 7) is -1.67. The molecule has 0 aliphatic heterocycles. The summed E-state index contributed by atoms with van der Waals surface area (Å²) < 4.78 is 38.0. The number of hydrogen-bond acceptors (Lipinski definition) is 9. The zero-order chi connectivity index (χ0) is 23.0. The lowest BCUT2D eigenvalue weighted by Gasteiger charge is -2.21. The van der Waals surface area contributed by atoms with Gasteiger partial charge in [-0.15, -0.1) is 11.3 Å². The first-order valence-electron chi connectivity index (χ1n) is 9.94. The van der Waals surface area contributed by atoms with Gasteiger partial charge in [-0.05, 0) is 25.3 Å². The van der Waals surface area contributed by atoms with Crippen LogP contribution in [0.25, 0.3) is 16.6 Å². The van der Waals surface area contributed by atoms with Gasteiger partial charge in [0, 0.05) is 12.5 Å². The molecule has 1 saturated carbocycles. The van der Waals surface area contributed by atoms with Crippen molar-refractivity contribution in [2.45, 2.75) is 43.7 Å². The van der Waals surface area contributed by atoms with Gasteiger partial charge in [0.15, 0.2) is 0 Å². The Bertz CT molecular complexity index is 1020. The minimum atomic E-state index is -4.48. The zero-order valence-electron chi connectivity index (χ0n) is 16.6. The standard InChI is InChI=1S/C19H21ClF3N5O3S/c20-15-12(17-26-9-3-1-2-4-11(9)32-17)16(28-18(27-15)24-7-19(21,22)23)25-10-5-8(6-29)13(30)14(10)31/h2,4,8,10,13-14,29-31H,1,3,5-7H2,(H2,24,25,27,28)/t8-,10-,13-,14+/m1/s1. The Hall–Kier alpha value is -1.99. The van der Waals surface area contributed by atoms with E-state index in [1.807, 2.05) is 12.2 Å². The topological polar surface area (TPSA) is 123 Å². The molecule has 2 aromatic rings. The molecule has 13 heteroatoms. The fourth-order valence-electron chi connectivity index (χ4n) is 3.80. The van der Waals surface area contributed by atoms with Crippen molar-refractivity contribution in [1.82, 2.24) is 15.0 Å². The Labute approximate surface area is 190 Å². The molecule has 0 saturated heterocycles. The first-order valence-corrected chi connectivity index (χ1v) is 11.1. The Kier molecular flexibility index (Phi) is 6.59. The Morgan fingerprint density at radius 1 is 1.19 bits per heavy atom. The smallest absolute Gasteiger partial charge is 0.396 e. The van der Waals surface area contributed by atoms with Gasteiger partial charge in [0.25, 0.3) is 0 Å². The van der Waals surface area contributed by atoms with Crippen molar-refractivity contribution < 1.29 is 28.5 Å². The van der Waals surface area contributed by atoms with E-state index in [2.05, 4.69) is 25.6 Å². The van der Waals surface area contributed by atoms with Crippen LogP contribution in [-0.2, 0) is 6.42 Å². The first kappa shape index (κ1) is 23.2. The van der Waals surface area contributed by atoms with Gasteiger partial charge in [-0.1, -0.05) is 17.7 Å². The van der Waals surface area contributed by atoms with Gasteiger partial charge in [-0.2, -0.15) is 18.2 Å². The fourth-order valence-corrected chi connectivity index (χ4v) is 5.20. The van der Waals surface area contributed by atoms with Crippen molar-refractivity contribution >= 4 is 40.8 Å². The van der Waals surface area contributed by atoms with Crippen molar-refractivity contribution in [3.8, 4) is 10.6 Å². The lowest BCUT2D eigenvalue weighted by Crippen LogP contribution is -2.35. The van der Waals surface area contributed by atoms with Crippen LogP contribution in [0, 0.1) is 5.92 Å². The van der Waals surface area contributed by atoms with Crippen LogP contribution in [0.3, 0.4) is 0 Å². The third kappa shape index (κ3) is 4.84. The third-order valence-electron chi connectivity index (χ3n) is 5.43. The normalized spacial score (nSPS) is 25.1. The molecule has 1 fully saturated rings. The second-order valence-electron chi connectivity index (χ2n) is 7.71. The maximum atomic E-state index is 12.7. The molecule has 5 N–H and O–H groups in total. The Morgan fingerprint density at radius 2 is 1.97 bits per heavy atom. The highest BCUT2D eigenvalue weighted by Gasteiger charge is 2.41. The molecule has 0 unspecified atom stereocenters. The number of aryl methyl sites for hydroxylation is 1. The van der Waals surface area contributed by atoms with Crippen LogP contribution in [-0.4, -0.2) is 67.8 Å².